The van der Waals surface area contributed by atoms with Gasteiger partial charge in [-0.1, -0.05) is 84.9 Å². The Morgan fingerprint density at radius 2 is 1.06 bits per heavy atom. The first-order valence-electron chi connectivity index (χ1n) is 16.2. The zero-order valence-electron chi connectivity index (χ0n) is 25.6. The van der Waals surface area contributed by atoms with E-state index in [1.807, 2.05) is 24.3 Å². The summed E-state index contributed by atoms with van der Waals surface area (Å²) < 4.78 is 22.6. The van der Waals surface area contributed by atoms with E-state index in [1.54, 1.807) is 0 Å². The second kappa shape index (κ2) is 9.56. The van der Waals surface area contributed by atoms with Crippen molar-refractivity contribution in [2.45, 2.75) is 0 Å². The fraction of sp³-hybridized carbons (Fsp3) is 0. The van der Waals surface area contributed by atoms with Crippen LogP contribution < -0.4 is 35.5 Å². The molecule has 0 fully saturated rings. The third-order valence-corrected chi connectivity index (χ3v) is 9.88. The van der Waals surface area contributed by atoms with Crippen LogP contribution in [0.25, 0.3) is 27.5 Å². The number of nitrogens with zero attached hydrogens (tertiary/aromatic N) is 2. The number of anilines is 3. The molecule has 3 aliphatic heterocycles. The average Bonchev–Trinajstić information content (AvgIpc) is 3.49. The molecule has 0 amide bonds. The minimum Gasteiger partial charge on any atom is -0.458 e. The van der Waals surface area contributed by atoms with E-state index in [-0.39, 0.29) is 6.71 Å². The highest BCUT2D eigenvalue weighted by atomic mass is 16.5. The third kappa shape index (κ3) is 3.46. The van der Waals surface area contributed by atoms with Gasteiger partial charge in [-0.3, -0.25) is 0 Å². The standard InChI is InChI=1S/C42H25BN2O3/c1-2-12-26(13-3-1)44-31-17-7-4-14-28(31)40-33(44)22-23-34-42(40)48-37-21-11-8-18-32(37)45(34)27-24-38-41-39(25-27)47-36-20-10-6-16-30(36)43(41)29-15-5-9-19-35(29)46-38/h1-25H. The molecule has 0 saturated heterocycles. The first-order valence-corrected chi connectivity index (χ1v) is 16.2. The number of hydrogen-bond donors (Lipinski definition) is 0. The van der Waals surface area contributed by atoms with E-state index in [0.29, 0.717) is 0 Å². The van der Waals surface area contributed by atoms with Gasteiger partial charge in [-0.05, 0) is 65.5 Å². The SMILES string of the molecule is c1ccc(-n2c3ccccc3c3c4c(ccc32)N(c2cc3c5c(c2)Oc2ccccc2B5c2ccccc2O3)c2ccccc2O4)cc1. The number of ether oxygens (including phenoxy) is 3. The van der Waals surface area contributed by atoms with Crippen molar-refractivity contribution in [1.29, 1.82) is 0 Å². The average molecular weight is 616 g/mol. The molecule has 0 unspecified atom stereocenters. The third-order valence-electron chi connectivity index (χ3n) is 9.88. The van der Waals surface area contributed by atoms with Gasteiger partial charge in [0.1, 0.15) is 23.0 Å². The monoisotopic (exact) mass is 616 g/mol. The predicted octanol–water partition coefficient (Wildman–Crippen LogP) is 9.09. The van der Waals surface area contributed by atoms with Gasteiger partial charge in [0.15, 0.2) is 11.5 Å². The molecule has 3 aliphatic rings. The van der Waals surface area contributed by atoms with Crippen LogP contribution in [0.5, 0.6) is 34.5 Å². The van der Waals surface area contributed by atoms with Crippen molar-refractivity contribution in [3.8, 4) is 40.2 Å². The number of para-hydroxylation sites is 6. The van der Waals surface area contributed by atoms with Gasteiger partial charge in [0.05, 0.1) is 33.5 Å². The molecule has 8 aromatic rings. The molecule has 0 spiro atoms. The van der Waals surface area contributed by atoms with E-state index in [0.717, 1.165) is 95.4 Å². The molecule has 1 aromatic heterocycles. The lowest BCUT2D eigenvalue weighted by molar-refractivity contribution is 0.464. The van der Waals surface area contributed by atoms with Crippen molar-refractivity contribution in [2.75, 3.05) is 4.90 Å². The molecule has 48 heavy (non-hydrogen) atoms. The summed E-state index contributed by atoms with van der Waals surface area (Å²) in [4.78, 5) is 2.28. The summed E-state index contributed by atoms with van der Waals surface area (Å²) >= 11 is 0. The molecule has 11 rings (SSSR count). The summed E-state index contributed by atoms with van der Waals surface area (Å²) in [6.45, 7) is 0.0203. The molecule has 0 atom stereocenters. The highest BCUT2D eigenvalue weighted by Gasteiger charge is 2.41. The van der Waals surface area contributed by atoms with E-state index in [2.05, 4.69) is 137 Å². The lowest BCUT2D eigenvalue weighted by Crippen LogP contribution is -2.57. The molecule has 4 heterocycles. The van der Waals surface area contributed by atoms with Crippen molar-refractivity contribution >= 4 is 62.0 Å². The summed E-state index contributed by atoms with van der Waals surface area (Å²) in [7, 11) is 0. The van der Waals surface area contributed by atoms with Crippen LogP contribution in [0.4, 0.5) is 17.1 Å². The van der Waals surface area contributed by atoms with Crippen LogP contribution in [0.2, 0.25) is 0 Å². The first-order chi connectivity index (χ1) is 23.8. The molecular formula is C42H25BN2O3. The van der Waals surface area contributed by atoms with E-state index >= 15 is 0 Å². The molecule has 0 radical (unpaired) electrons. The number of hydrogen-bond acceptors (Lipinski definition) is 4. The molecule has 5 nitrogen and oxygen atoms in total. The Morgan fingerprint density at radius 1 is 0.438 bits per heavy atom. The molecule has 0 saturated carbocycles. The molecule has 0 bridgehead atoms. The molecule has 6 heteroatoms. The van der Waals surface area contributed by atoms with Crippen molar-refractivity contribution in [3.63, 3.8) is 0 Å². The second-order valence-electron chi connectivity index (χ2n) is 12.5. The Bertz CT molecular complexity index is 2560. The molecule has 7 aromatic carbocycles. The Balaban J connectivity index is 1.18. The maximum absolute atomic E-state index is 6.87. The fourth-order valence-corrected chi connectivity index (χ4v) is 7.91. The maximum Gasteiger partial charge on any atom is 0.260 e. The van der Waals surface area contributed by atoms with Crippen LogP contribution in [0.1, 0.15) is 0 Å². The van der Waals surface area contributed by atoms with Crippen molar-refractivity contribution in [3.05, 3.63) is 152 Å². The quantitative estimate of drug-likeness (QED) is 0.182. The summed E-state index contributed by atoms with van der Waals surface area (Å²) in [6, 6.07) is 52.6. The molecule has 0 N–H and O–H groups in total. The zero-order valence-corrected chi connectivity index (χ0v) is 25.6. The van der Waals surface area contributed by atoms with Crippen LogP contribution in [0.3, 0.4) is 0 Å². The Hall–Kier alpha value is -6.40. The van der Waals surface area contributed by atoms with E-state index in [9.17, 15) is 0 Å². The lowest BCUT2D eigenvalue weighted by Gasteiger charge is -2.36. The summed E-state index contributed by atoms with van der Waals surface area (Å²) in [5.74, 6) is 4.94. The highest BCUT2D eigenvalue weighted by Crippen LogP contribution is 2.55. The number of aromatic nitrogens is 1. The van der Waals surface area contributed by atoms with Crippen LogP contribution in [0.15, 0.2) is 152 Å². The molecular weight excluding hydrogens is 591 g/mol. The molecule has 0 aliphatic carbocycles. The van der Waals surface area contributed by atoms with Gasteiger partial charge in [0.2, 0.25) is 0 Å². The minimum atomic E-state index is 0.0203. The largest absolute Gasteiger partial charge is 0.458 e. The van der Waals surface area contributed by atoms with Gasteiger partial charge in [-0.15, -0.1) is 0 Å². The van der Waals surface area contributed by atoms with Gasteiger partial charge >= 0.3 is 0 Å². The van der Waals surface area contributed by atoms with Gasteiger partial charge in [0.25, 0.3) is 6.71 Å². The normalized spacial score (nSPS) is 13.4. The van der Waals surface area contributed by atoms with E-state index < -0.39 is 0 Å². The summed E-state index contributed by atoms with van der Waals surface area (Å²) in [5.41, 5.74) is 9.51. The van der Waals surface area contributed by atoms with Crippen molar-refractivity contribution in [2.24, 2.45) is 0 Å². The number of fused-ring (bicyclic) bond motifs is 10. The van der Waals surface area contributed by atoms with Crippen LogP contribution >= 0.6 is 0 Å². The van der Waals surface area contributed by atoms with Gasteiger partial charge in [-0.25, -0.2) is 0 Å². The lowest BCUT2D eigenvalue weighted by atomic mass is 9.35. The van der Waals surface area contributed by atoms with Crippen molar-refractivity contribution in [1.82, 2.24) is 4.57 Å². The highest BCUT2D eigenvalue weighted by molar-refractivity contribution is 6.98. The topological polar surface area (TPSA) is 35.9 Å². The number of rotatable bonds is 2. The number of benzene rings is 7. The van der Waals surface area contributed by atoms with Gasteiger partial charge in [-0.2, -0.15) is 0 Å². The zero-order chi connectivity index (χ0) is 31.3. The molecule has 224 valence electrons. The summed E-state index contributed by atoms with van der Waals surface area (Å²) in [6.07, 6.45) is 0. The van der Waals surface area contributed by atoms with Crippen molar-refractivity contribution < 1.29 is 14.2 Å². The fourth-order valence-electron chi connectivity index (χ4n) is 7.91. The maximum atomic E-state index is 6.87. The summed E-state index contributed by atoms with van der Waals surface area (Å²) in [5, 5.41) is 2.21. The van der Waals surface area contributed by atoms with E-state index in [1.165, 1.54) is 0 Å². The predicted molar refractivity (Wildman–Crippen MR) is 193 cm³/mol. The van der Waals surface area contributed by atoms with E-state index in [4.69, 9.17) is 14.2 Å². The van der Waals surface area contributed by atoms with Gasteiger partial charge < -0.3 is 23.7 Å². The van der Waals surface area contributed by atoms with Crippen LogP contribution in [0, 0.1) is 0 Å². The van der Waals surface area contributed by atoms with Crippen LogP contribution in [-0.2, 0) is 0 Å². The van der Waals surface area contributed by atoms with Crippen LogP contribution in [-0.4, -0.2) is 11.3 Å². The minimum absolute atomic E-state index is 0.0203. The first kappa shape index (κ1) is 25.8. The Morgan fingerprint density at radius 3 is 1.81 bits per heavy atom. The Kier molecular flexibility index (Phi) is 5.13. The second-order valence-corrected chi connectivity index (χ2v) is 12.5. The Labute approximate surface area is 276 Å². The smallest absolute Gasteiger partial charge is 0.260 e. The van der Waals surface area contributed by atoms with Gasteiger partial charge in [0, 0.05) is 28.7 Å².